The molecule has 76 valence electrons. The molecule has 0 aromatic carbocycles. The van der Waals surface area contributed by atoms with Crippen molar-refractivity contribution in [2.75, 3.05) is 5.73 Å². The topological polar surface area (TPSA) is 104 Å². The van der Waals surface area contributed by atoms with Gasteiger partial charge in [0.2, 0.25) is 0 Å². The van der Waals surface area contributed by atoms with Crippen LogP contribution in [0.25, 0.3) is 0 Å². The lowest BCUT2D eigenvalue weighted by Gasteiger charge is -2.31. The van der Waals surface area contributed by atoms with E-state index in [2.05, 4.69) is 15.5 Å². The van der Waals surface area contributed by atoms with Gasteiger partial charge in [-0.15, -0.1) is 0 Å². The molecule has 0 radical (unpaired) electrons. The summed E-state index contributed by atoms with van der Waals surface area (Å²) in [6.07, 6.45) is 2.34. The number of rotatable bonds is 2. The highest BCUT2D eigenvalue weighted by atomic mass is 16.3. The number of carbonyl (C=O) groups is 1. The number of hydrogen-bond acceptors (Lipinski definition) is 4. The summed E-state index contributed by atoms with van der Waals surface area (Å²) in [5.74, 6) is -0.267. The molecule has 0 spiro atoms. The summed E-state index contributed by atoms with van der Waals surface area (Å²) >= 11 is 0. The van der Waals surface area contributed by atoms with Gasteiger partial charge in [0, 0.05) is 6.04 Å². The van der Waals surface area contributed by atoms with Gasteiger partial charge in [0.25, 0.3) is 5.91 Å². The van der Waals surface area contributed by atoms with Crippen molar-refractivity contribution in [1.82, 2.24) is 15.5 Å². The first-order valence-electron chi connectivity index (χ1n) is 4.44. The summed E-state index contributed by atoms with van der Waals surface area (Å²) in [6.45, 7) is 0. The minimum atomic E-state index is -0.278. The number of aromatic nitrogens is 2. The Labute approximate surface area is 80.5 Å². The van der Waals surface area contributed by atoms with E-state index in [1.807, 2.05) is 0 Å². The van der Waals surface area contributed by atoms with Crippen LogP contribution in [0, 0.1) is 0 Å². The Morgan fingerprint density at radius 1 is 1.71 bits per heavy atom. The molecule has 1 saturated carbocycles. The summed E-state index contributed by atoms with van der Waals surface area (Å²) in [7, 11) is 0. The van der Waals surface area contributed by atoms with Crippen LogP contribution < -0.4 is 11.1 Å². The van der Waals surface area contributed by atoms with Crippen molar-refractivity contribution in [1.29, 1.82) is 0 Å². The van der Waals surface area contributed by atoms with Crippen LogP contribution in [0.1, 0.15) is 23.3 Å². The molecule has 6 heteroatoms. The number of nitrogen functional groups attached to an aromatic ring is 1. The Bertz CT molecular complexity index is 343. The molecule has 1 aliphatic carbocycles. The van der Waals surface area contributed by atoms with Crippen LogP contribution in [0.3, 0.4) is 0 Å². The molecule has 1 amide bonds. The van der Waals surface area contributed by atoms with Gasteiger partial charge in [-0.1, -0.05) is 0 Å². The zero-order chi connectivity index (χ0) is 10.1. The van der Waals surface area contributed by atoms with E-state index in [-0.39, 0.29) is 23.7 Å². The molecule has 2 rings (SSSR count). The van der Waals surface area contributed by atoms with E-state index in [0.717, 1.165) is 0 Å². The Balaban J connectivity index is 1.93. The van der Waals surface area contributed by atoms with Gasteiger partial charge in [0.1, 0.15) is 5.69 Å². The Kier molecular flexibility index (Phi) is 2.12. The van der Waals surface area contributed by atoms with Gasteiger partial charge in [-0.05, 0) is 12.8 Å². The lowest BCUT2D eigenvalue weighted by Crippen LogP contribution is -2.46. The quantitative estimate of drug-likeness (QED) is 0.499. The van der Waals surface area contributed by atoms with Crippen LogP contribution in [0.2, 0.25) is 0 Å². The number of aliphatic hydroxyl groups is 1. The average molecular weight is 196 g/mol. The van der Waals surface area contributed by atoms with Crippen LogP contribution in [0.5, 0.6) is 0 Å². The maximum absolute atomic E-state index is 11.5. The molecule has 1 aromatic heterocycles. The predicted molar refractivity (Wildman–Crippen MR) is 49.5 cm³/mol. The standard InChI is InChI=1S/C8H12N4O2/c9-6-3-10-12-7(6)8(14)11-4-1-5(13)2-4/h3-5,13H,1-2,9H2,(H,10,12)(H,11,14). The first-order valence-corrected chi connectivity index (χ1v) is 4.44. The van der Waals surface area contributed by atoms with Gasteiger partial charge >= 0.3 is 0 Å². The smallest absolute Gasteiger partial charge is 0.271 e. The lowest BCUT2D eigenvalue weighted by molar-refractivity contribution is 0.0561. The number of aromatic amines is 1. The molecule has 1 heterocycles. The maximum Gasteiger partial charge on any atom is 0.271 e. The molecule has 5 N–H and O–H groups in total. The van der Waals surface area contributed by atoms with E-state index in [1.54, 1.807) is 0 Å². The molecule has 0 bridgehead atoms. The second-order valence-electron chi connectivity index (χ2n) is 3.50. The summed E-state index contributed by atoms with van der Waals surface area (Å²) in [6, 6.07) is 0.0557. The number of amides is 1. The summed E-state index contributed by atoms with van der Waals surface area (Å²) in [5.41, 5.74) is 6.12. The summed E-state index contributed by atoms with van der Waals surface area (Å²) in [4.78, 5) is 11.5. The Morgan fingerprint density at radius 2 is 2.43 bits per heavy atom. The van der Waals surface area contributed by atoms with E-state index >= 15 is 0 Å². The molecule has 14 heavy (non-hydrogen) atoms. The molecule has 6 nitrogen and oxygen atoms in total. The van der Waals surface area contributed by atoms with Crippen LogP contribution >= 0.6 is 0 Å². The van der Waals surface area contributed by atoms with Gasteiger partial charge in [-0.3, -0.25) is 9.89 Å². The maximum atomic E-state index is 11.5. The van der Waals surface area contributed by atoms with Crippen LogP contribution in [-0.2, 0) is 0 Å². The van der Waals surface area contributed by atoms with Gasteiger partial charge < -0.3 is 16.2 Å². The normalized spacial score (nSPS) is 25.5. The SMILES string of the molecule is Nc1cn[nH]c1C(=O)NC1CC(O)C1. The van der Waals surface area contributed by atoms with E-state index in [1.165, 1.54) is 6.20 Å². The molecule has 1 aliphatic rings. The lowest BCUT2D eigenvalue weighted by atomic mass is 9.89. The first-order chi connectivity index (χ1) is 6.66. The van der Waals surface area contributed by atoms with Crippen LogP contribution in [0.15, 0.2) is 6.20 Å². The number of hydrogen-bond donors (Lipinski definition) is 4. The number of carbonyl (C=O) groups excluding carboxylic acids is 1. The molecule has 0 aliphatic heterocycles. The molecule has 0 saturated heterocycles. The minimum Gasteiger partial charge on any atom is -0.396 e. The molecule has 0 unspecified atom stereocenters. The van der Waals surface area contributed by atoms with Crippen molar-refractivity contribution in [3.8, 4) is 0 Å². The number of nitrogens with one attached hydrogen (secondary N) is 2. The Morgan fingerprint density at radius 3 is 2.93 bits per heavy atom. The second kappa shape index (κ2) is 3.30. The van der Waals surface area contributed by atoms with Crippen molar-refractivity contribution in [3.05, 3.63) is 11.9 Å². The van der Waals surface area contributed by atoms with E-state index in [9.17, 15) is 4.79 Å². The van der Waals surface area contributed by atoms with Crippen LogP contribution in [0.4, 0.5) is 5.69 Å². The highest BCUT2D eigenvalue weighted by Crippen LogP contribution is 2.20. The third-order valence-corrected chi connectivity index (χ3v) is 2.34. The van der Waals surface area contributed by atoms with Gasteiger partial charge in [-0.25, -0.2) is 0 Å². The van der Waals surface area contributed by atoms with Crippen LogP contribution in [-0.4, -0.2) is 33.4 Å². The molecule has 1 fully saturated rings. The summed E-state index contributed by atoms with van der Waals surface area (Å²) < 4.78 is 0. The van der Waals surface area contributed by atoms with Gasteiger partial charge in [-0.2, -0.15) is 5.10 Å². The number of aliphatic hydroxyl groups excluding tert-OH is 1. The van der Waals surface area contributed by atoms with Crippen molar-refractivity contribution in [2.24, 2.45) is 0 Å². The fraction of sp³-hybridized carbons (Fsp3) is 0.500. The number of H-pyrrole nitrogens is 1. The van der Waals surface area contributed by atoms with Crippen molar-refractivity contribution < 1.29 is 9.90 Å². The minimum absolute atomic E-state index is 0.0557. The average Bonchev–Trinajstić information content (AvgIpc) is 2.48. The largest absolute Gasteiger partial charge is 0.396 e. The third kappa shape index (κ3) is 1.56. The fourth-order valence-electron chi connectivity index (χ4n) is 1.44. The molecular weight excluding hydrogens is 184 g/mol. The van der Waals surface area contributed by atoms with Crippen molar-refractivity contribution >= 4 is 11.6 Å². The van der Waals surface area contributed by atoms with Crippen molar-refractivity contribution in [2.45, 2.75) is 25.0 Å². The van der Waals surface area contributed by atoms with Gasteiger partial charge in [0.15, 0.2) is 0 Å². The highest BCUT2D eigenvalue weighted by Gasteiger charge is 2.29. The third-order valence-electron chi connectivity index (χ3n) is 2.34. The first kappa shape index (κ1) is 9.01. The van der Waals surface area contributed by atoms with E-state index in [4.69, 9.17) is 10.8 Å². The van der Waals surface area contributed by atoms with Gasteiger partial charge in [0.05, 0.1) is 18.0 Å². The molecule has 1 aromatic rings. The number of anilines is 1. The highest BCUT2D eigenvalue weighted by molar-refractivity contribution is 5.97. The number of nitrogens with two attached hydrogens (primary N) is 1. The molecule has 0 atom stereocenters. The Hall–Kier alpha value is -1.56. The van der Waals surface area contributed by atoms with E-state index in [0.29, 0.717) is 18.5 Å². The predicted octanol–water partition coefficient (Wildman–Crippen LogP) is -0.755. The zero-order valence-electron chi connectivity index (χ0n) is 7.53. The zero-order valence-corrected chi connectivity index (χ0v) is 7.53. The summed E-state index contributed by atoms with van der Waals surface area (Å²) in [5, 5.41) is 17.9. The number of nitrogens with zero attached hydrogens (tertiary/aromatic N) is 1. The van der Waals surface area contributed by atoms with E-state index < -0.39 is 0 Å². The second-order valence-corrected chi connectivity index (χ2v) is 3.50. The monoisotopic (exact) mass is 196 g/mol. The fourth-order valence-corrected chi connectivity index (χ4v) is 1.44. The van der Waals surface area contributed by atoms with Crippen molar-refractivity contribution in [3.63, 3.8) is 0 Å². The molecular formula is C8H12N4O2.